The number of carbonyl (C=O) groups is 2. The van der Waals surface area contributed by atoms with E-state index in [-0.39, 0.29) is 11.3 Å². The zero-order valence-corrected chi connectivity index (χ0v) is 18.7. The number of esters is 1. The lowest BCUT2D eigenvalue weighted by atomic mass is 10.1. The van der Waals surface area contributed by atoms with Gasteiger partial charge in [0.05, 0.1) is 5.39 Å². The Morgan fingerprint density at radius 2 is 1.97 bits per heavy atom. The molecule has 0 atom stereocenters. The van der Waals surface area contributed by atoms with Gasteiger partial charge in [0.25, 0.3) is 5.56 Å². The number of hydrogen-bond donors (Lipinski definition) is 0. The molecule has 4 aromatic rings. The van der Waals surface area contributed by atoms with Crippen LogP contribution in [0.15, 0.2) is 33.5 Å². The molecule has 7 nitrogen and oxygen atoms in total. The molecule has 0 amide bonds. The Morgan fingerprint density at radius 3 is 2.78 bits per heavy atom. The van der Waals surface area contributed by atoms with E-state index < -0.39 is 18.4 Å². The predicted octanol–water partition coefficient (Wildman–Crippen LogP) is 4.59. The van der Waals surface area contributed by atoms with E-state index in [9.17, 15) is 14.4 Å². The molecule has 4 heterocycles. The van der Waals surface area contributed by atoms with Gasteiger partial charge in [-0.3, -0.25) is 14.2 Å². The molecule has 1 aliphatic heterocycles. The van der Waals surface area contributed by atoms with Crippen molar-refractivity contribution in [2.45, 2.75) is 46.1 Å². The second-order valence-electron chi connectivity index (χ2n) is 8.08. The molecule has 1 aromatic carbocycles. The van der Waals surface area contributed by atoms with Gasteiger partial charge in [0, 0.05) is 23.9 Å². The van der Waals surface area contributed by atoms with Crippen LogP contribution in [0.3, 0.4) is 0 Å². The SMILES string of the molecule is Cc1c(C(=O)COC(=O)c2sc3nc4n(c(=O)c3c2C)CCCCC4)oc2ccccc12. The van der Waals surface area contributed by atoms with Crippen molar-refractivity contribution in [3.8, 4) is 0 Å². The zero-order valence-electron chi connectivity index (χ0n) is 17.9. The third-order valence-electron chi connectivity index (χ3n) is 6.03. The second kappa shape index (κ2) is 8.02. The van der Waals surface area contributed by atoms with Crippen molar-refractivity contribution in [3.05, 3.63) is 62.2 Å². The van der Waals surface area contributed by atoms with Gasteiger partial charge in [0.1, 0.15) is 21.1 Å². The van der Waals surface area contributed by atoms with Gasteiger partial charge in [-0.05, 0) is 38.3 Å². The number of ketones is 1. The predicted molar refractivity (Wildman–Crippen MR) is 122 cm³/mol. The molecule has 0 saturated heterocycles. The number of benzene rings is 1. The van der Waals surface area contributed by atoms with Crippen LogP contribution >= 0.6 is 11.3 Å². The number of aryl methyl sites for hydroxylation is 3. The van der Waals surface area contributed by atoms with Crippen LogP contribution in [-0.2, 0) is 17.7 Å². The topological polar surface area (TPSA) is 91.4 Å². The molecule has 0 saturated carbocycles. The Kier molecular flexibility index (Phi) is 5.17. The van der Waals surface area contributed by atoms with E-state index in [1.54, 1.807) is 24.5 Å². The summed E-state index contributed by atoms with van der Waals surface area (Å²) in [5, 5.41) is 1.32. The van der Waals surface area contributed by atoms with Crippen molar-refractivity contribution >= 4 is 44.3 Å². The molecule has 0 radical (unpaired) electrons. The zero-order chi connectivity index (χ0) is 22.4. The number of para-hydroxylation sites is 1. The number of nitrogens with zero attached hydrogens (tertiary/aromatic N) is 2. The molecule has 8 heteroatoms. The molecule has 5 rings (SSSR count). The Balaban J connectivity index is 1.40. The van der Waals surface area contributed by atoms with Crippen molar-refractivity contribution in [1.29, 1.82) is 0 Å². The molecule has 0 aliphatic carbocycles. The summed E-state index contributed by atoms with van der Waals surface area (Å²) in [5.41, 5.74) is 1.79. The first-order chi connectivity index (χ1) is 15.5. The number of furan rings is 1. The fourth-order valence-corrected chi connectivity index (χ4v) is 5.39. The molecule has 0 fully saturated rings. The normalized spacial score (nSPS) is 13.8. The fourth-order valence-electron chi connectivity index (χ4n) is 4.31. The monoisotopic (exact) mass is 450 g/mol. The number of aromatic nitrogens is 2. The lowest BCUT2D eigenvalue weighted by Crippen LogP contribution is -2.24. The molecule has 0 spiro atoms. The molecule has 164 valence electrons. The molecule has 0 bridgehead atoms. The minimum Gasteiger partial charge on any atom is -0.453 e. The van der Waals surface area contributed by atoms with Gasteiger partial charge in [0.2, 0.25) is 5.78 Å². The van der Waals surface area contributed by atoms with Crippen molar-refractivity contribution in [1.82, 2.24) is 9.55 Å². The summed E-state index contributed by atoms with van der Waals surface area (Å²) in [6, 6.07) is 7.38. The van der Waals surface area contributed by atoms with Crippen LogP contribution in [-0.4, -0.2) is 27.9 Å². The third kappa shape index (κ3) is 3.35. The Bertz CT molecular complexity index is 1440. The van der Waals surface area contributed by atoms with Crippen LogP contribution in [0.1, 0.15) is 56.4 Å². The molecule has 3 aromatic heterocycles. The number of thiophene rings is 1. The van der Waals surface area contributed by atoms with Gasteiger partial charge in [-0.1, -0.05) is 24.6 Å². The van der Waals surface area contributed by atoms with E-state index in [2.05, 4.69) is 4.98 Å². The molecule has 0 unspecified atom stereocenters. The number of carbonyl (C=O) groups excluding carboxylic acids is 2. The van der Waals surface area contributed by atoms with Crippen LogP contribution in [0.5, 0.6) is 0 Å². The van der Waals surface area contributed by atoms with Crippen molar-refractivity contribution in [2.24, 2.45) is 0 Å². The highest BCUT2D eigenvalue weighted by Gasteiger charge is 2.25. The maximum Gasteiger partial charge on any atom is 0.349 e. The number of Topliss-reactive ketones (excluding diaryl/α,β-unsaturated/α-hetero) is 1. The molecule has 1 aliphatic rings. The number of fused-ring (bicyclic) bond motifs is 3. The average Bonchev–Trinajstić information content (AvgIpc) is 3.18. The summed E-state index contributed by atoms with van der Waals surface area (Å²) in [6.45, 7) is 3.75. The molecular formula is C24H22N2O5S. The highest BCUT2D eigenvalue weighted by Crippen LogP contribution is 2.29. The van der Waals surface area contributed by atoms with Gasteiger partial charge in [-0.2, -0.15) is 0 Å². The lowest BCUT2D eigenvalue weighted by Gasteiger charge is -2.08. The van der Waals surface area contributed by atoms with Crippen molar-refractivity contribution < 1.29 is 18.7 Å². The fraction of sp³-hybridized carbons (Fsp3) is 0.333. The minimum absolute atomic E-state index is 0.103. The second-order valence-corrected chi connectivity index (χ2v) is 9.08. The Hall–Kier alpha value is -3.26. The third-order valence-corrected chi connectivity index (χ3v) is 7.19. The van der Waals surface area contributed by atoms with Crippen LogP contribution in [0.4, 0.5) is 0 Å². The quantitative estimate of drug-likeness (QED) is 0.334. The number of rotatable bonds is 4. The molecule has 0 N–H and O–H groups in total. The van der Waals surface area contributed by atoms with E-state index >= 15 is 0 Å². The summed E-state index contributed by atoms with van der Waals surface area (Å²) in [6.07, 6.45) is 3.78. The van der Waals surface area contributed by atoms with E-state index in [1.807, 2.05) is 18.2 Å². The maximum absolute atomic E-state index is 13.1. The summed E-state index contributed by atoms with van der Waals surface area (Å²) in [4.78, 5) is 44.0. The van der Waals surface area contributed by atoms with E-state index in [0.29, 0.717) is 32.8 Å². The molecule has 32 heavy (non-hydrogen) atoms. The Morgan fingerprint density at radius 1 is 1.16 bits per heavy atom. The van der Waals surface area contributed by atoms with E-state index in [0.717, 1.165) is 53.8 Å². The maximum atomic E-state index is 13.1. The van der Waals surface area contributed by atoms with Gasteiger partial charge >= 0.3 is 5.97 Å². The first kappa shape index (κ1) is 20.6. The van der Waals surface area contributed by atoms with E-state index in [4.69, 9.17) is 9.15 Å². The van der Waals surface area contributed by atoms with E-state index in [1.165, 1.54) is 0 Å². The van der Waals surface area contributed by atoms with Gasteiger partial charge in [0.15, 0.2) is 12.4 Å². The lowest BCUT2D eigenvalue weighted by molar-refractivity contribution is 0.0472. The van der Waals surface area contributed by atoms with Gasteiger partial charge in [-0.15, -0.1) is 11.3 Å². The Labute approximate surface area is 187 Å². The minimum atomic E-state index is -0.632. The number of hydrogen-bond acceptors (Lipinski definition) is 7. The van der Waals surface area contributed by atoms with Crippen molar-refractivity contribution in [3.63, 3.8) is 0 Å². The van der Waals surface area contributed by atoms with Crippen LogP contribution in [0.2, 0.25) is 0 Å². The van der Waals surface area contributed by atoms with Crippen molar-refractivity contribution in [2.75, 3.05) is 6.61 Å². The van der Waals surface area contributed by atoms with Gasteiger partial charge < -0.3 is 9.15 Å². The molecular weight excluding hydrogens is 428 g/mol. The smallest absolute Gasteiger partial charge is 0.349 e. The number of ether oxygens (including phenoxy) is 1. The summed E-state index contributed by atoms with van der Waals surface area (Å²) >= 11 is 1.15. The highest BCUT2D eigenvalue weighted by atomic mass is 32.1. The largest absolute Gasteiger partial charge is 0.453 e. The van der Waals surface area contributed by atoms with Crippen LogP contribution in [0, 0.1) is 13.8 Å². The average molecular weight is 451 g/mol. The van der Waals surface area contributed by atoms with Gasteiger partial charge in [-0.25, -0.2) is 9.78 Å². The summed E-state index contributed by atoms with van der Waals surface area (Å²) < 4.78 is 12.7. The van der Waals surface area contributed by atoms with Crippen LogP contribution in [0.25, 0.3) is 21.2 Å². The summed E-state index contributed by atoms with van der Waals surface area (Å²) in [5.74, 6) is -0.0737. The van der Waals surface area contributed by atoms with Crippen LogP contribution < -0.4 is 5.56 Å². The highest BCUT2D eigenvalue weighted by molar-refractivity contribution is 7.20. The first-order valence-corrected chi connectivity index (χ1v) is 11.5. The standard InChI is InChI=1S/C24H22N2O5S/c1-13-15-8-5-6-9-17(15)31-20(13)16(27)12-30-24(29)21-14(2)19-22(32-21)25-18-10-4-3-7-11-26(18)23(19)28/h5-6,8-9H,3-4,7,10-12H2,1-2H3. The summed E-state index contributed by atoms with van der Waals surface area (Å²) in [7, 11) is 0. The first-order valence-electron chi connectivity index (χ1n) is 10.7.